The van der Waals surface area contributed by atoms with Crippen LogP contribution in [-0.4, -0.2) is 40.0 Å². The van der Waals surface area contributed by atoms with Crippen LogP contribution in [0.4, 0.5) is 4.39 Å². The third-order valence-corrected chi connectivity index (χ3v) is 2.22. The standard InChI is InChI=1S/C10H14FN3O2/c1-10(7-15,4-5-11)13-9(16)8-3-2-6-12-14-8/h2-3,6,15H,4-5,7H2,1H3,(H,13,16). The predicted molar refractivity (Wildman–Crippen MR) is 55.6 cm³/mol. The zero-order valence-electron chi connectivity index (χ0n) is 8.98. The maximum atomic E-state index is 12.2. The van der Waals surface area contributed by atoms with Gasteiger partial charge in [-0.3, -0.25) is 9.18 Å². The van der Waals surface area contributed by atoms with Crippen LogP contribution in [0.15, 0.2) is 18.3 Å². The Morgan fingerprint density at radius 3 is 2.94 bits per heavy atom. The molecule has 6 heteroatoms. The second kappa shape index (κ2) is 5.50. The third-order valence-electron chi connectivity index (χ3n) is 2.22. The van der Waals surface area contributed by atoms with Gasteiger partial charge in [0.15, 0.2) is 5.69 Å². The summed E-state index contributed by atoms with van der Waals surface area (Å²) in [6.07, 6.45) is 1.50. The molecule has 2 N–H and O–H groups in total. The Morgan fingerprint density at radius 2 is 2.44 bits per heavy atom. The van der Waals surface area contributed by atoms with E-state index in [0.717, 1.165) is 0 Å². The number of hydrogen-bond acceptors (Lipinski definition) is 4. The molecule has 1 aromatic heterocycles. The minimum atomic E-state index is -0.969. The molecule has 0 aliphatic carbocycles. The summed E-state index contributed by atoms with van der Waals surface area (Å²) in [7, 11) is 0. The minimum Gasteiger partial charge on any atom is -0.394 e. The quantitative estimate of drug-likeness (QED) is 0.759. The van der Waals surface area contributed by atoms with E-state index in [1.165, 1.54) is 12.3 Å². The van der Waals surface area contributed by atoms with Gasteiger partial charge in [0.1, 0.15) is 0 Å². The zero-order valence-corrected chi connectivity index (χ0v) is 8.98. The van der Waals surface area contributed by atoms with Gasteiger partial charge < -0.3 is 10.4 Å². The molecular weight excluding hydrogens is 213 g/mol. The van der Waals surface area contributed by atoms with Gasteiger partial charge in [-0.2, -0.15) is 5.10 Å². The summed E-state index contributed by atoms with van der Waals surface area (Å²) in [5.74, 6) is -0.474. The number of rotatable bonds is 5. The molecule has 88 valence electrons. The Bertz CT molecular complexity index is 347. The summed E-state index contributed by atoms with van der Waals surface area (Å²) in [5, 5.41) is 18.8. The van der Waals surface area contributed by atoms with Crippen molar-refractivity contribution in [2.45, 2.75) is 18.9 Å². The molecule has 0 radical (unpaired) electrons. The van der Waals surface area contributed by atoms with Gasteiger partial charge in [-0.05, 0) is 19.1 Å². The predicted octanol–water partition coefficient (Wildman–Crippen LogP) is 0.317. The summed E-state index contributed by atoms with van der Waals surface area (Å²) in [6, 6.07) is 3.07. The average Bonchev–Trinajstić information content (AvgIpc) is 2.30. The Balaban J connectivity index is 2.70. The van der Waals surface area contributed by atoms with Crippen molar-refractivity contribution in [3.05, 3.63) is 24.0 Å². The van der Waals surface area contributed by atoms with Crippen LogP contribution in [0, 0.1) is 0 Å². The van der Waals surface area contributed by atoms with Gasteiger partial charge in [0.05, 0.1) is 18.8 Å². The van der Waals surface area contributed by atoms with Crippen LogP contribution in [0.1, 0.15) is 23.8 Å². The molecule has 0 aliphatic heterocycles. The Hall–Kier alpha value is -1.56. The third kappa shape index (κ3) is 3.23. The molecule has 0 fully saturated rings. The van der Waals surface area contributed by atoms with E-state index in [0.29, 0.717) is 0 Å². The van der Waals surface area contributed by atoms with Crippen LogP contribution in [0.5, 0.6) is 0 Å². The number of aliphatic hydroxyl groups is 1. The topological polar surface area (TPSA) is 75.1 Å². The first-order chi connectivity index (χ1) is 7.61. The van der Waals surface area contributed by atoms with E-state index in [2.05, 4.69) is 15.5 Å². The number of halogens is 1. The van der Waals surface area contributed by atoms with Crippen LogP contribution in [0.25, 0.3) is 0 Å². The number of aliphatic hydroxyl groups excluding tert-OH is 1. The fraction of sp³-hybridized carbons (Fsp3) is 0.500. The van der Waals surface area contributed by atoms with Crippen molar-refractivity contribution in [2.24, 2.45) is 0 Å². The first kappa shape index (κ1) is 12.5. The molecule has 1 heterocycles. The summed E-state index contributed by atoms with van der Waals surface area (Å²) in [4.78, 5) is 11.6. The number of carbonyl (C=O) groups is 1. The molecule has 1 amide bonds. The van der Waals surface area contributed by atoms with Gasteiger partial charge in [0.25, 0.3) is 5.91 Å². The van der Waals surface area contributed by atoms with Gasteiger partial charge in [-0.25, -0.2) is 0 Å². The number of nitrogens with zero attached hydrogens (tertiary/aromatic N) is 2. The first-order valence-electron chi connectivity index (χ1n) is 4.88. The molecular formula is C10H14FN3O2. The summed E-state index contributed by atoms with van der Waals surface area (Å²) < 4.78 is 12.2. The van der Waals surface area contributed by atoms with Crippen LogP contribution in [0.3, 0.4) is 0 Å². The van der Waals surface area contributed by atoms with E-state index in [4.69, 9.17) is 5.11 Å². The van der Waals surface area contributed by atoms with E-state index in [1.807, 2.05) is 0 Å². The van der Waals surface area contributed by atoms with Crippen molar-refractivity contribution in [3.63, 3.8) is 0 Å². The fourth-order valence-corrected chi connectivity index (χ4v) is 1.15. The number of nitrogens with one attached hydrogen (secondary N) is 1. The highest BCUT2D eigenvalue weighted by atomic mass is 19.1. The number of amides is 1. The number of aromatic nitrogens is 2. The van der Waals surface area contributed by atoms with Crippen molar-refractivity contribution in [2.75, 3.05) is 13.3 Å². The second-order valence-corrected chi connectivity index (χ2v) is 3.72. The first-order valence-corrected chi connectivity index (χ1v) is 4.88. The van der Waals surface area contributed by atoms with Crippen LogP contribution >= 0.6 is 0 Å². The molecule has 16 heavy (non-hydrogen) atoms. The molecule has 0 aliphatic rings. The lowest BCUT2D eigenvalue weighted by molar-refractivity contribution is 0.0826. The van der Waals surface area contributed by atoms with Crippen LogP contribution in [-0.2, 0) is 0 Å². The molecule has 0 aromatic carbocycles. The summed E-state index contributed by atoms with van der Waals surface area (Å²) >= 11 is 0. The van der Waals surface area contributed by atoms with Crippen molar-refractivity contribution in [3.8, 4) is 0 Å². The summed E-state index contributed by atoms with van der Waals surface area (Å²) in [5.41, 5.74) is -0.829. The van der Waals surface area contributed by atoms with Crippen LogP contribution in [0.2, 0.25) is 0 Å². The molecule has 0 spiro atoms. The van der Waals surface area contributed by atoms with Gasteiger partial charge in [0.2, 0.25) is 0 Å². The number of hydrogen-bond donors (Lipinski definition) is 2. The monoisotopic (exact) mass is 227 g/mol. The normalized spacial score (nSPS) is 14.2. The average molecular weight is 227 g/mol. The van der Waals surface area contributed by atoms with Gasteiger partial charge in [-0.15, -0.1) is 5.10 Å². The highest BCUT2D eigenvalue weighted by Gasteiger charge is 2.26. The van der Waals surface area contributed by atoms with Crippen LogP contribution < -0.4 is 5.32 Å². The lowest BCUT2D eigenvalue weighted by atomic mass is 9.99. The Kier molecular flexibility index (Phi) is 4.30. The molecule has 1 atom stereocenters. The second-order valence-electron chi connectivity index (χ2n) is 3.72. The van der Waals surface area contributed by atoms with Gasteiger partial charge in [0, 0.05) is 12.6 Å². The van der Waals surface area contributed by atoms with E-state index >= 15 is 0 Å². The molecule has 5 nitrogen and oxygen atoms in total. The molecule has 0 saturated carbocycles. The largest absolute Gasteiger partial charge is 0.394 e. The van der Waals surface area contributed by atoms with Crippen molar-refractivity contribution < 1.29 is 14.3 Å². The maximum absolute atomic E-state index is 12.2. The number of carbonyl (C=O) groups excluding carboxylic acids is 1. The van der Waals surface area contributed by atoms with Crippen molar-refractivity contribution in [1.82, 2.24) is 15.5 Å². The molecule has 1 rings (SSSR count). The van der Waals surface area contributed by atoms with E-state index < -0.39 is 18.1 Å². The van der Waals surface area contributed by atoms with E-state index in [1.54, 1.807) is 13.0 Å². The maximum Gasteiger partial charge on any atom is 0.272 e. The smallest absolute Gasteiger partial charge is 0.272 e. The minimum absolute atomic E-state index is 0.0511. The lowest BCUT2D eigenvalue weighted by Gasteiger charge is -2.27. The number of alkyl halides is 1. The highest BCUT2D eigenvalue weighted by molar-refractivity contribution is 5.92. The summed E-state index contributed by atoms with van der Waals surface area (Å²) in [6.45, 7) is 0.627. The molecule has 1 aromatic rings. The molecule has 0 saturated heterocycles. The van der Waals surface area contributed by atoms with Gasteiger partial charge in [-0.1, -0.05) is 0 Å². The Labute approximate surface area is 92.7 Å². The Morgan fingerprint density at radius 1 is 1.69 bits per heavy atom. The fourth-order valence-electron chi connectivity index (χ4n) is 1.15. The SMILES string of the molecule is CC(CO)(CCF)NC(=O)c1cccnn1. The lowest BCUT2D eigenvalue weighted by Crippen LogP contribution is -2.49. The molecule has 0 bridgehead atoms. The molecule has 1 unspecified atom stereocenters. The van der Waals surface area contributed by atoms with E-state index in [-0.39, 0.29) is 18.7 Å². The van der Waals surface area contributed by atoms with Crippen molar-refractivity contribution >= 4 is 5.91 Å². The van der Waals surface area contributed by atoms with Gasteiger partial charge >= 0.3 is 0 Å². The van der Waals surface area contributed by atoms with Crippen molar-refractivity contribution in [1.29, 1.82) is 0 Å². The highest BCUT2D eigenvalue weighted by Crippen LogP contribution is 2.09. The van der Waals surface area contributed by atoms with E-state index in [9.17, 15) is 9.18 Å². The zero-order chi connectivity index (χ0) is 12.0.